The number of fused-ring (bicyclic) bond motifs is 4. The largest absolute Gasteiger partial charge is 0.447 e. The Balaban J connectivity index is 0.933. The highest BCUT2D eigenvalue weighted by molar-refractivity contribution is 5.71. The number of carbonyl (C=O) groups excluding carboxylic acids is 4. The van der Waals surface area contributed by atoms with Gasteiger partial charge in [0.25, 0.3) is 0 Å². The van der Waals surface area contributed by atoms with E-state index in [2.05, 4.69) is 16.0 Å². The first kappa shape index (κ1) is 41.0. The summed E-state index contributed by atoms with van der Waals surface area (Å²) in [5.41, 5.74) is 1.59. The summed E-state index contributed by atoms with van der Waals surface area (Å²) in [5, 5.41) is 30.5. The highest BCUT2D eigenvalue weighted by atomic mass is 16.8. The van der Waals surface area contributed by atoms with Crippen LogP contribution in [-0.4, -0.2) is 139 Å². The van der Waals surface area contributed by atoms with E-state index in [4.69, 9.17) is 42.6 Å². The van der Waals surface area contributed by atoms with Gasteiger partial charge in [-0.15, -0.1) is 0 Å². The standard InChI is InChI=1S/C40H50N4O15/c1-20-13-29-32(33-31(44(2)40(50)58-33)36(55-29)59-35-27(46)15-25-30(56-35)19-53-39(49)43-25)57-34(20)54-28-16-26(45)23(41-37(47)51-17-21-9-5-3-6-10-21)14-24(28)42-38(48)52-18-22-11-7-4-8-12-22/h3-12,20,23-36,45-46H,13-19H2,1-2H3,(H,41,47)(H,42,48)(H,43,49)/t20?,23-,24?,25+,26+,27?,28+,29+,30?,31?,32?,33?,34+,35-,36?/m1/s1. The lowest BCUT2D eigenvalue weighted by molar-refractivity contribution is -0.369. The molecule has 2 aromatic carbocycles. The summed E-state index contributed by atoms with van der Waals surface area (Å²) < 4.78 is 53.6. The number of benzene rings is 2. The second-order valence-electron chi connectivity index (χ2n) is 15.8. The molecule has 6 aliphatic rings. The van der Waals surface area contributed by atoms with Gasteiger partial charge in [-0.2, -0.15) is 0 Å². The van der Waals surface area contributed by atoms with Crippen molar-refractivity contribution in [2.24, 2.45) is 5.92 Å². The Morgan fingerprint density at radius 1 is 0.763 bits per heavy atom. The number of aliphatic hydroxyl groups is 2. The fourth-order valence-electron chi connectivity index (χ4n) is 8.56. The Bertz CT molecular complexity index is 1790. The smallest absolute Gasteiger partial charge is 0.410 e. The molecular weight excluding hydrogens is 776 g/mol. The fourth-order valence-corrected chi connectivity index (χ4v) is 8.56. The van der Waals surface area contributed by atoms with Crippen LogP contribution in [0.25, 0.3) is 0 Å². The van der Waals surface area contributed by atoms with Gasteiger partial charge in [0.05, 0.1) is 36.4 Å². The molecule has 320 valence electrons. The maximum Gasteiger partial charge on any atom is 0.410 e. The van der Waals surface area contributed by atoms with Crippen LogP contribution in [0.15, 0.2) is 60.7 Å². The number of hydrogen-bond donors (Lipinski definition) is 5. The van der Waals surface area contributed by atoms with Crippen molar-refractivity contribution in [2.75, 3.05) is 13.7 Å². The van der Waals surface area contributed by atoms with Gasteiger partial charge in [-0.3, -0.25) is 4.90 Å². The number of carbonyl (C=O) groups is 4. The predicted octanol–water partition coefficient (Wildman–Crippen LogP) is 2.01. The van der Waals surface area contributed by atoms with E-state index in [1.807, 2.05) is 67.6 Å². The van der Waals surface area contributed by atoms with E-state index in [0.717, 1.165) is 11.1 Å². The topological polar surface area (TPSA) is 231 Å². The maximum absolute atomic E-state index is 13.2. The zero-order valence-corrected chi connectivity index (χ0v) is 32.5. The van der Waals surface area contributed by atoms with Crippen LogP contribution in [-0.2, 0) is 55.8 Å². The van der Waals surface area contributed by atoms with E-state index in [-0.39, 0.29) is 45.0 Å². The molecule has 5 heterocycles. The SMILES string of the molecule is CC1C[C@@H]2OC(O[C@H]3OC4COC(=O)N[C@H]4CC3O)C3C(OC(=O)N3C)C2O[C@@H]1O[C@H]1C[C@H](O)[C@H](NC(=O)OCc2ccccc2)CC1NC(=O)OCc1ccccc1. The minimum atomic E-state index is -1.15. The van der Waals surface area contributed by atoms with E-state index in [1.165, 1.54) is 4.90 Å². The van der Waals surface area contributed by atoms with Crippen molar-refractivity contribution in [1.82, 2.24) is 20.9 Å². The Morgan fingerprint density at radius 2 is 1.41 bits per heavy atom. The number of aliphatic hydroxyl groups excluding tert-OH is 2. The summed E-state index contributed by atoms with van der Waals surface area (Å²) in [6, 6.07) is 15.6. The van der Waals surface area contributed by atoms with E-state index >= 15 is 0 Å². The summed E-state index contributed by atoms with van der Waals surface area (Å²) in [6.07, 6.45) is -11.0. The zero-order chi connectivity index (χ0) is 41.2. The van der Waals surface area contributed by atoms with Crippen molar-refractivity contribution in [2.45, 2.75) is 132 Å². The first-order chi connectivity index (χ1) is 28.5. The van der Waals surface area contributed by atoms with Crippen LogP contribution in [0.3, 0.4) is 0 Å². The minimum Gasteiger partial charge on any atom is -0.447 e. The van der Waals surface area contributed by atoms with Crippen molar-refractivity contribution in [3.05, 3.63) is 71.8 Å². The van der Waals surface area contributed by atoms with Crippen molar-refractivity contribution in [1.29, 1.82) is 0 Å². The number of nitrogens with zero attached hydrogens (tertiary/aromatic N) is 1. The third-order valence-electron chi connectivity index (χ3n) is 11.7. The second-order valence-corrected chi connectivity index (χ2v) is 15.8. The molecule has 0 radical (unpaired) electrons. The molecule has 1 saturated carbocycles. The molecule has 8 rings (SSSR count). The van der Waals surface area contributed by atoms with Gasteiger partial charge in [-0.1, -0.05) is 67.6 Å². The Kier molecular flexibility index (Phi) is 12.4. The van der Waals surface area contributed by atoms with E-state index in [9.17, 15) is 29.4 Å². The second kappa shape index (κ2) is 17.8. The van der Waals surface area contributed by atoms with Gasteiger partial charge in [-0.05, 0) is 24.0 Å². The number of alkyl carbamates (subject to hydrolysis) is 3. The molecule has 19 heteroatoms. The highest BCUT2D eigenvalue weighted by Gasteiger charge is 2.60. The summed E-state index contributed by atoms with van der Waals surface area (Å²) in [7, 11) is 1.55. The lowest BCUT2D eigenvalue weighted by Gasteiger charge is -2.50. The molecule has 59 heavy (non-hydrogen) atoms. The number of rotatable bonds is 10. The molecule has 6 fully saturated rings. The van der Waals surface area contributed by atoms with Gasteiger partial charge in [0.1, 0.15) is 44.2 Å². The van der Waals surface area contributed by atoms with Crippen LogP contribution in [0.1, 0.15) is 43.7 Å². The maximum atomic E-state index is 13.2. The fraction of sp³-hybridized carbons (Fsp3) is 0.600. The molecule has 1 aliphatic carbocycles. The molecule has 5 aliphatic heterocycles. The molecule has 5 saturated heterocycles. The summed E-state index contributed by atoms with van der Waals surface area (Å²) >= 11 is 0. The molecule has 0 spiro atoms. The zero-order valence-electron chi connectivity index (χ0n) is 32.5. The van der Waals surface area contributed by atoms with Gasteiger partial charge in [-0.25, -0.2) is 19.2 Å². The van der Waals surface area contributed by atoms with Crippen LogP contribution >= 0.6 is 0 Å². The van der Waals surface area contributed by atoms with Crippen LogP contribution in [0.2, 0.25) is 0 Å². The predicted molar refractivity (Wildman–Crippen MR) is 199 cm³/mol. The minimum absolute atomic E-state index is 0.00438. The lowest BCUT2D eigenvalue weighted by atomic mass is 9.85. The highest BCUT2D eigenvalue weighted by Crippen LogP contribution is 2.42. The molecular formula is C40H50N4O15. The van der Waals surface area contributed by atoms with E-state index in [1.54, 1.807) is 7.05 Å². The number of cyclic esters (lactones) is 1. The van der Waals surface area contributed by atoms with Gasteiger partial charge >= 0.3 is 24.4 Å². The normalized spacial score (nSPS) is 37.6. The molecule has 0 bridgehead atoms. The first-order valence-corrected chi connectivity index (χ1v) is 19.9. The van der Waals surface area contributed by atoms with Crippen LogP contribution in [0.5, 0.6) is 0 Å². The van der Waals surface area contributed by atoms with E-state index in [0.29, 0.717) is 6.42 Å². The van der Waals surface area contributed by atoms with Gasteiger partial charge in [0, 0.05) is 25.8 Å². The quantitative estimate of drug-likeness (QED) is 0.216. The molecule has 15 atom stereocenters. The van der Waals surface area contributed by atoms with Crippen LogP contribution in [0, 0.1) is 5.92 Å². The first-order valence-electron chi connectivity index (χ1n) is 19.9. The van der Waals surface area contributed by atoms with Crippen LogP contribution in [0.4, 0.5) is 19.2 Å². The lowest BCUT2D eigenvalue weighted by Crippen LogP contribution is -2.66. The third kappa shape index (κ3) is 9.35. The Hall–Kier alpha value is -4.76. The molecule has 0 aromatic heterocycles. The number of amides is 4. The number of likely N-dealkylation sites (N-methyl/N-ethyl adjacent to an activating group) is 1. The number of nitrogens with one attached hydrogen (secondary N) is 3. The van der Waals surface area contributed by atoms with Crippen molar-refractivity contribution in [3.8, 4) is 0 Å². The third-order valence-corrected chi connectivity index (χ3v) is 11.7. The Labute approximate surface area is 339 Å². The molecule has 4 amide bonds. The monoisotopic (exact) mass is 826 g/mol. The van der Waals surface area contributed by atoms with Gasteiger partial charge < -0.3 is 68.8 Å². The molecule has 19 nitrogen and oxygen atoms in total. The van der Waals surface area contributed by atoms with Crippen molar-refractivity contribution >= 4 is 24.4 Å². The summed E-state index contributed by atoms with van der Waals surface area (Å²) in [5.74, 6) is -0.310. The molecule has 8 unspecified atom stereocenters. The van der Waals surface area contributed by atoms with Crippen molar-refractivity contribution < 1.29 is 72.0 Å². The summed E-state index contributed by atoms with van der Waals surface area (Å²) in [4.78, 5) is 52.1. The Morgan fingerprint density at radius 3 is 2.08 bits per heavy atom. The van der Waals surface area contributed by atoms with Gasteiger partial charge in [0.15, 0.2) is 25.0 Å². The molecule has 2 aromatic rings. The average Bonchev–Trinajstić information content (AvgIpc) is 3.53. The average molecular weight is 827 g/mol. The number of ether oxygens (including phenoxy) is 9. The van der Waals surface area contributed by atoms with Crippen LogP contribution < -0.4 is 16.0 Å². The molecule has 5 N–H and O–H groups in total. The summed E-state index contributed by atoms with van der Waals surface area (Å²) in [6.45, 7) is 1.94. The van der Waals surface area contributed by atoms with Gasteiger partial charge in [0.2, 0.25) is 0 Å². The van der Waals surface area contributed by atoms with Crippen molar-refractivity contribution in [3.63, 3.8) is 0 Å². The van der Waals surface area contributed by atoms with E-state index < -0.39 is 110 Å². The number of hydrogen-bond acceptors (Lipinski definition) is 15.